The normalized spacial score (nSPS) is 11.0. The number of carbonyl (C=O) groups excluding carboxylic acids is 1. The Hall–Kier alpha value is -2.93. The standard InChI is InChI=1S/C18H14BrN3O3/c1-25-13-6-4-11(5-7-13)18(24)22-21-10-12-9-15(19)17(23)16-14(12)3-2-8-20-16/h2-10,23H,1H3,(H,22,24)/b21-10-. The Morgan fingerprint density at radius 1 is 1.32 bits per heavy atom. The first kappa shape index (κ1) is 16.9. The van der Waals surface area contributed by atoms with Crippen LogP contribution in [0.4, 0.5) is 0 Å². The van der Waals surface area contributed by atoms with Gasteiger partial charge in [-0.15, -0.1) is 0 Å². The molecule has 0 spiro atoms. The van der Waals surface area contributed by atoms with Gasteiger partial charge in [0.15, 0.2) is 5.75 Å². The Balaban J connectivity index is 1.81. The molecule has 0 aliphatic rings. The maximum absolute atomic E-state index is 12.1. The number of phenols is 1. The average molecular weight is 400 g/mol. The van der Waals surface area contributed by atoms with E-state index in [0.717, 1.165) is 5.39 Å². The number of hydrogen-bond donors (Lipinski definition) is 2. The Morgan fingerprint density at radius 2 is 2.08 bits per heavy atom. The van der Waals surface area contributed by atoms with Crippen molar-refractivity contribution in [1.29, 1.82) is 0 Å². The quantitative estimate of drug-likeness (QED) is 0.519. The van der Waals surface area contributed by atoms with Crippen molar-refractivity contribution in [1.82, 2.24) is 10.4 Å². The number of aromatic hydroxyl groups is 1. The molecule has 0 aliphatic carbocycles. The third-order valence-corrected chi connectivity index (χ3v) is 4.18. The fraction of sp³-hybridized carbons (Fsp3) is 0.0556. The summed E-state index contributed by atoms with van der Waals surface area (Å²) in [6.07, 6.45) is 3.11. The number of benzene rings is 2. The zero-order valence-corrected chi connectivity index (χ0v) is 14.8. The van der Waals surface area contributed by atoms with E-state index in [-0.39, 0.29) is 11.7 Å². The maximum Gasteiger partial charge on any atom is 0.271 e. The number of nitrogens with zero attached hydrogens (tertiary/aromatic N) is 2. The smallest absolute Gasteiger partial charge is 0.271 e. The van der Waals surface area contributed by atoms with Gasteiger partial charge in [-0.25, -0.2) is 5.43 Å². The van der Waals surface area contributed by atoms with Gasteiger partial charge < -0.3 is 9.84 Å². The molecule has 0 radical (unpaired) electrons. The van der Waals surface area contributed by atoms with Crippen LogP contribution >= 0.6 is 15.9 Å². The molecule has 2 aromatic carbocycles. The molecule has 126 valence electrons. The van der Waals surface area contributed by atoms with E-state index in [1.165, 1.54) is 6.21 Å². The third kappa shape index (κ3) is 3.61. The fourth-order valence-electron chi connectivity index (χ4n) is 2.30. The van der Waals surface area contributed by atoms with E-state index in [0.29, 0.717) is 26.9 Å². The number of hydrazone groups is 1. The van der Waals surface area contributed by atoms with Crippen LogP contribution < -0.4 is 10.2 Å². The number of carbonyl (C=O) groups is 1. The lowest BCUT2D eigenvalue weighted by molar-refractivity contribution is 0.0955. The summed E-state index contributed by atoms with van der Waals surface area (Å²) >= 11 is 3.29. The highest BCUT2D eigenvalue weighted by Crippen LogP contribution is 2.33. The minimum Gasteiger partial charge on any atom is -0.505 e. The van der Waals surface area contributed by atoms with Gasteiger partial charge in [-0.05, 0) is 52.3 Å². The highest BCUT2D eigenvalue weighted by Gasteiger charge is 2.10. The van der Waals surface area contributed by atoms with E-state index in [1.54, 1.807) is 49.7 Å². The number of rotatable bonds is 4. The predicted octanol–water partition coefficient (Wildman–Crippen LogP) is 3.48. The SMILES string of the molecule is COc1ccc(C(=O)N/N=C\c2cc(Br)c(O)c3ncccc23)cc1. The second kappa shape index (κ2) is 7.31. The molecule has 1 aromatic heterocycles. The van der Waals surface area contributed by atoms with Crippen LogP contribution in [-0.4, -0.2) is 29.3 Å². The van der Waals surface area contributed by atoms with E-state index in [4.69, 9.17) is 4.74 Å². The predicted molar refractivity (Wildman–Crippen MR) is 99.2 cm³/mol. The Kier molecular flexibility index (Phi) is 4.95. The largest absolute Gasteiger partial charge is 0.505 e. The number of halogens is 1. The summed E-state index contributed by atoms with van der Waals surface area (Å²) in [6, 6.07) is 12.0. The topological polar surface area (TPSA) is 83.8 Å². The molecule has 0 atom stereocenters. The molecule has 7 heteroatoms. The number of hydrogen-bond acceptors (Lipinski definition) is 5. The second-order valence-electron chi connectivity index (χ2n) is 5.12. The zero-order chi connectivity index (χ0) is 17.8. The summed E-state index contributed by atoms with van der Waals surface area (Å²) in [4.78, 5) is 16.3. The van der Waals surface area contributed by atoms with Gasteiger partial charge in [0.2, 0.25) is 0 Å². The van der Waals surface area contributed by atoms with Gasteiger partial charge in [-0.3, -0.25) is 9.78 Å². The number of aromatic nitrogens is 1. The van der Waals surface area contributed by atoms with Gasteiger partial charge in [-0.1, -0.05) is 6.07 Å². The van der Waals surface area contributed by atoms with Gasteiger partial charge in [0, 0.05) is 22.7 Å². The summed E-state index contributed by atoms with van der Waals surface area (Å²) in [5.41, 5.74) is 4.11. The first-order valence-corrected chi connectivity index (χ1v) is 8.13. The van der Waals surface area contributed by atoms with Crippen molar-refractivity contribution in [2.75, 3.05) is 7.11 Å². The van der Waals surface area contributed by atoms with Crippen molar-refractivity contribution < 1.29 is 14.6 Å². The van der Waals surface area contributed by atoms with Crippen LogP contribution in [0, 0.1) is 0 Å². The van der Waals surface area contributed by atoms with Crippen LogP contribution in [0.15, 0.2) is 58.2 Å². The van der Waals surface area contributed by atoms with Crippen LogP contribution in [0.2, 0.25) is 0 Å². The molecule has 25 heavy (non-hydrogen) atoms. The van der Waals surface area contributed by atoms with Crippen LogP contribution in [0.1, 0.15) is 15.9 Å². The fourth-order valence-corrected chi connectivity index (χ4v) is 2.73. The van der Waals surface area contributed by atoms with E-state index >= 15 is 0 Å². The summed E-state index contributed by atoms with van der Waals surface area (Å²) < 4.78 is 5.56. The van der Waals surface area contributed by atoms with Crippen molar-refractivity contribution in [2.24, 2.45) is 5.10 Å². The molecule has 0 fully saturated rings. The molecular formula is C18H14BrN3O3. The molecule has 3 rings (SSSR count). The first-order valence-electron chi connectivity index (χ1n) is 7.34. The highest BCUT2D eigenvalue weighted by molar-refractivity contribution is 9.10. The monoisotopic (exact) mass is 399 g/mol. The number of methoxy groups -OCH3 is 1. The van der Waals surface area contributed by atoms with Gasteiger partial charge in [-0.2, -0.15) is 5.10 Å². The van der Waals surface area contributed by atoms with Crippen LogP contribution in [0.3, 0.4) is 0 Å². The molecule has 3 aromatic rings. The van der Waals surface area contributed by atoms with E-state index in [9.17, 15) is 9.90 Å². The number of pyridine rings is 1. The molecule has 1 heterocycles. The molecule has 1 amide bonds. The van der Waals surface area contributed by atoms with E-state index in [1.807, 2.05) is 6.07 Å². The Labute approximate surface area is 152 Å². The molecule has 0 aliphatic heterocycles. The Bertz CT molecular complexity index is 956. The lowest BCUT2D eigenvalue weighted by atomic mass is 10.1. The van der Waals surface area contributed by atoms with Crippen LogP contribution in [-0.2, 0) is 0 Å². The Morgan fingerprint density at radius 3 is 2.80 bits per heavy atom. The molecule has 0 bridgehead atoms. The molecule has 0 saturated heterocycles. The molecule has 0 unspecified atom stereocenters. The van der Waals surface area contributed by atoms with Crippen molar-refractivity contribution in [3.63, 3.8) is 0 Å². The lowest BCUT2D eigenvalue weighted by Gasteiger charge is -2.06. The van der Waals surface area contributed by atoms with Gasteiger partial charge in [0.1, 0.15) is 11.3 Å². The van der Waals surface area contributed by atoms with Crippen LogP contribution in [0.5, 0.6) is 11.5 Å². The third-order valence-electron chi connectivity index (χ3n) is 3.57. The number of ether oxygens (including phenoxy) is 1. The van der Waals surface area contributed by atoms with Crippen molar-refractivity contribution in [3.8, 4) is 11.5 Å². The summed E-state index contributed by atoms with van der Waals surface area (Å²) in [5, 5.41) is 14.8. The minimum absolute atomic E-state index is 0.0648. The summed E-state index contributed by atoms with van der Waals surface area (Å²) in [6.45, 7) is 0. The van der Waals surface area contributed by atoms with E-state index in [2.05, 4.69) is 31.4 Å². The number of phenolic OH excluding ortho intramolecular Hbond substituents is 1. The second-order valence-corrected chi connectivity index (χ2v) is 5.98. The average Bonchev–Trinajstić information content (AvgIpc) is 2.65. The molecule has 0 saturated carbocycles. The summed E-state index contributed by atoms with van der Waals surface area (Å²) in [7, 11) is 1.56. The number of nitrogens with one attached hydrogen (secondary N) is 1. The highest BCUT2D eigenvalue weighted by atomic mass is 79.9. The number of fused-ring (bicyclic) bond motifs is 1. The van der Waals surface area contributed by atoms with Crippen molar-refractivity contribution in [2.45, 2.75) is 0 Å². The van der Waals surface area contributed by atoms with E-state index < -0.39 is 0 Å². The zero-order valence-electron chi connectivity index (χ0n) is 13.2. The molecule has 6 nitrogen and oxygen atoms in total. The lowest BCUT2D eigenvalue weighted by Crippen LogP contribution is -2.17. The number of amides is 1. The molecule has 2 N–H and O–H groups in total. The van der Waals surface area contributed by atoms with Crippen molar-refractivity contribution in [3.05, 3.63) is 64.3 Å². The van der Waals surface area contributed by atoms with Gasteiger partial charge >= 0.3 is 0 Å². The maximum atomic E-state index is 12.1. The van der Waals surface area contributed by atoms with Gasteiger partial charge in [0.25, 0.3) is 5.91 Å². The minimum atomic E-state index is -0.334. The van der Waals surface area contributed by atoms with Crippen LogP contribution in [0.25, 0.3) is 10.9 Å². The molecular weight excluding hydrogens is 386 g/mol. The van der Waals surface area contributed by atoms with Crippen molar-refractivity contribution >= 4 is 39.0 Å². The van der Waals surface area contributed by atoms with Gasteiger partial charge in [0.05, 0.1) is 17.8 Å². The summed E-state index contributed by atoms with van der Waals surface area (Å²) in [5.74, 6) is 0.405. The first-order chi connectivity index (χ1) is 12.1.